The lowest BCUT2D eigenvalue weighted by Gasteiger charge is -2.17. The predicted octanol–water partition coefficient (Wildman–Crippen LogP) is 6.94. The number of nitrogens with zero attached hydrogens (tertiary/aromatic N) is 1. The van der Waals surface area contributed by atoms with Crippen LogP contribution in [0.2, 0.25) is 10.0 Å². The molecule has 2 aliphatic carbocycles. The molecule has 1 aromatic heterocycles. The van der Waals surface area contributed by atoms with Crippen LogP contribution >= 0.6 is 23.2 Å². The number of aromatic nitrogens is 2. The second-order valence-corrected chi connectivity index (χ2v) is 10.1. The molecule has 2 bridgehead atoms. The average molecular weight is 517 g/mol. The van der Waals surface area contributed by atoms with Crippen LogP contribution in [0.5, 0.6) is 0 Å². The van der Waals surface area contributed by atoms with Crippen molar-refractivity contribution in [2.45, 2.75) is 12.8 Å². The van der Waals surface area contributed by atoms with Crippen LogP contribution in [0.4, 0.5) is 11.4 Å². The SMILES string of the molecule is O=C(Nc1ccc(-c2nc3ccc(NC(=O)C4CC5C=C[C@H]4C5)cc3[nH]2)cc1)c1c(Cl)cccc1Cl. The lowest BCUT2D eigenvalue weighted by molar-refractivity contribution is -0.120. The van der Waals surface area contributed by atoms with Crippen LogP contribution < -0.4 is 10.6 Å². The van der Waals surface area contributed by atoms with Crippen molar-refractivity contribution in [2.75, 3.05) is 10.6 Å². The fourth-order valence-corrected chi connectivity index (χ4v) is 5.73. The zero-order valence-corrected chi connectivity index (χ0v) is 20.6. The number of halogens is 2. The summed E-state index contributed by atoms with van der Waals surface area (Å²) < 4.78 is 0. The molecule has 0 aliphatic heterocycles. The number of imidazole rings is 1. The number of rotatable bonds is 5. The van der Waals surface area contributed by atoms with Gasteiger partial charge in [0.05, 0.1) is 26.6 Å². The second-order valence-electron chi connectivity index (χ2n) is 9.32. The molecular formula is C28H22Cl2N4O2. The van der Waals surface area contributed by atoms with Gasteiger partial charge in [-0.05, 0) is 79.3 Å². The fraction of sp³-hybridized carbons (Fsp3) is 0.179. The zero-order chi connectivity index (χ0) is 24.8. The van der Waals surface area contributed by atoms with Gasteiger partial charge in [-0.25, -0.2) is 4.98 Å². The van der Waals surface area contributed by atoms with Crippen molar-refractivity contribution in [3.63, 3.8) is 0 Å². The molecule has 2 amide bonds. The van der Waals surface area contributed by atoms with Crippen molar-refractivity contribution < 1.29 is 9.59 Å². The lowest BCUT2D eigenvalue weighted by Crippen LogP contribution is -2.25. The molecule has 3 atom stereocenters. The number of hydrogen-bond donors (Lipinski definition) is 3. The molecule has 2 aliphatic rings. The minimum Gasteiger partial charge on any atom is -0.338 e. The summed E-state index contributed by atoms with van der Waals surface area (Å²) in [6.07, 6.45) is 6.45. The molecule has 3 N–H and O–H groups in total. The molecule has 0 radical (unpaired) electrons. The molecule has 8 heteroatoms. The summed E-state index contributed by atoms with van der Waals surface area (Å²) in [4.78, 5) is 33.4. The molecule has 1 saturated carbocycles. The van der Waals surface area contributed by atoms with Gasteiger partial charge in [0.2, 0.25) is 5.91 Å². The molecule has 1 fully saturated rings. The maximum atomic E-state index is 12.8. The van der Waals surface area contributed by atoms with E-state index in [-0.39, 0.29) is 23.3 Å². The number of amides is 2. The van der Waals surface area contributed by atoms with E-state index in [0.29, 0.717) is 33.4 Å². The first-order chi connectivity index (χ1) is 17.4. The first-order valence-electron chi connectivity index (χ1n) is 11.8. The Balaban J connectivity index is 1.16. The van der Waals surface area contributed by atoms with E-state index < -0.39 is 0 Å². The largest absolute Gasteiger partial charge is 0.338 e. The van der Waals surface area contributed by atoms with E-state index in [1.807, 2.05) is 30.3 Å². The Labute approximate surface area is 217 Å². The highest BCUT2D eigenvalue weighted by Crippen LogP contribution is 2.43. The third-order valence-corrected chi connectivity index (χ3v) is 7.60. The number of benzene rings is 3. The van der Waals surface area contributed by atoms with Gasteiger partial charge in [0.25, 0.3) is 5.91 Å². The number of carbonyl (C=O) groups excluding carboxylic acids is 2. The van der Waals surface area contributed by atoms with Crippen LogP contribution in [-0.4, -0.2) is 21.8 Å². The molecular weight excluding hydrogens is 495 g/mol. The quantitative estimate of drug-likeness (QED) is 0.251. The summed E-state index contributed by atoms with van der Waals surface area (Å²) in [5.41, 5.74) is 4.10. The van der Waals surface area contributed by atoms with Crippen LogP contribution in [0.15, 0.2) is 72.8 Å². The Hall–Kier alpha value is -3.61. The number of carbonyl (C=O) groups is 2. The van der Waals surface area contributed by atoms with Crippen LogP contribution in [0.3, 0.4) is 0 Å². The number of hydrogen-bond acceptors (Lipinski definition) is 3. The highest BCUT2D eigenvalue weighted by molar-refractivity contribution is 6.40. The number of H-pyrrole nitrogens is 1. The molecule has 180 valence electrons. The number of aromatic amines is 1. The topological polar surface area (TPSA) is 86.9 Å². The molecule has 2 unspecified atom stereocenters. The van der Waals surface area contributed by atoms with E-state index >= 15 is 0 Å². The Morgan fingerprint density at radius 1 is 0.889 bits per heavy atom. The minimum atomic E-state index is -0.377. The summed E-state index contributed by atoms with van der Waals surface area (Å²) in [7, 11) is 0. The Morgan fingerprint density at radius 2 is 1.64 bits per heavy atom. The first kappa shape index (κ1) is 22.8. The van der Waals surface area contributed by atoms with Crippen LogP contribution in [0.25, 0.3) is 22.4 Å². The van der Waals surface area contributed by atoms with Gasteiger partial charge in [0.1, 0.15) is 5.82 Å². The molecule has 1 heterocycles. The summed E-state index contributed by atoms with van der Waals surface area (Å²) in [6, 6.07) is 18.0. The Kier molecular flexibility index (Phi) is 5.78. The maximum absolute atomic E-state index is 12.8. The lowest BCUT2D eigenvalue weighted by atomic mass is 9.93. The van der Waals surface area contributed by atoms with E-state index in [9.17, 15) is 9.59 Å². The van der Waals surface area contributed by atoms with Gasteiger partial charge in [-0.15, -0.1) is 0 Å². The van der Waals surface area contributed by atoms with Crippen LogP contribution in [0.1, 0.15) is 23.2 Å². The van der Waals surface area contributed by atoms with Gasteiger partial charge >= 0.3 is 0 Å². The predicted molar refractivity (Wildman–Crippen MR) is 143 cm³/mol. The van der Waals surface area contributed by atoms with E-state index in [4.69, 9.17) is 23.2 Å². The standard InChI is InChI=1S/C28H22Cl2N4O2/c29-21-2-1-3-22(30)25(21)28(36)31-18-8-6-16(7-9-18)26-33-23-11-10-19(14-24(23)34-26)32-27(35)20-13-15-4-5-17(20)12-15/h1-11,14-15,17,20H,12-13H2,(H,31,36)(H,32,35)(H,33,34)/t15?,17-,20?/m0/s1. The highest BCUT2D eigenvalue weighted by atomic mass is 35.5. The molecule has 0 saturated heterocycles. The van der Waals surface area contributed by atoms with E-state index in [2.05, 4.69) is 32.8 Å². The molecule has 0 spiro atoms. The molecule has 6 nitrogen and oxygen atoms in total. The van der Waals surface area contributed by atoms with E-state index in [0.717, 1.165) is 35.1 Å². The monoisotopic (exact) mass is 516 g/mol. The number of allylic oxidation sites excluding steroid dienone is 2. The summed E-state index contributed by atoms with van der Waals surface area (Å²) in [5, 5.41) is 6.48. The molecule has 4 aromatic rings. The molecule has 3 aromatic carbocycles. The maximum Gasteiger partial charge on any atom is 0.258 e. The normalized spacial score (nSPS) is 20.1. The van der Waals surface area contributed by atoms with Gasteiger partial charge in [0, 0.05) is 22.9 Å². The summed E-state index contributed by atoms with van der Waals surface area (Å²) in [6.45, 7) is 0. The highest BCUT2D eigenvalue weighted by Gasteiger charge is 2.39. The third kappa shape index (κ3) is 4.27. The average Bonchev–Trinajstić information content (AvgIpc) is 3.60. The Bertz CT molecular complexity index is 1510. The minimum absolute atomic E-state index is 0.0565. The van der Waals surface area contributed by atoms with Crippen molar-refractivity contribution in [3.8, 4) is 11.4 Å². The first-order valence-corrected chi connectivity index (χ1v) is 12.5. The van der Waals surface area contributed by atoms with Gasteiger partial charge in [0.15, 0.2) is 0 Å². The van der Waals surface area contributed by atoms with Crippen LogP contribution in [0, 0.1) is 17.8 Å². The Morgan fingerprint density at radius 3 is 2.33 bits per heavy atom. The third-order valence-electron chi connectivity index (χ3n) is 6.97. The van der Waals surface area contributed by atoms with Gasteiger partial charge in [-0.1, -0.05) is 41.4 Å². The fourth-order valence-electron chi connectivity index (χ4n) is 5.16. The molecule has 6 rings (SSSR count). The van der Waals surface area contributed by atoms with Crippen molar-refractivity contribution in [2.24, 2.45) is 17.8 Å². The molecule has 36 heavy (non-hydrogen) atoms. The van der Waals surface area contributed by atoms with Gasteiger partial charge in [-0.2, -0.15) is 0 Å². The van der Waals surface area contributed by atoms with E-state index in [1.54, 1.807) is 30.3 Å². The summed E-state index contributed by atoms with van der Waals surface area (Å²) >= 11 is 12.3. The zero-order valence-electron chi connectivity index (χ0n) is 19.1. The summed E-state index contributed by atoms with van der Waals surface area (Å²) in [5.74, 6) is 1.38. The van der Waals surface area contributed by atoms with Crippen LogP contribution in [-0.2, 0) is 4.79 Å². The van der Waals surface area contributed by atoms with Crippen molar-refractivity contribution in [3.05, 3.63) is 88.4 Å². The second kappa shape index (κ2) is 9.12. The smallest absolute Gasteiger partial charge is 0.258 e. The number of nitrogens with one attached hydrogen (secondary N) is 3. The van der Waals surface area contributed by atoms with Crippen molar-refractivity contribution >= 4 is 57.4 Å². The van der Waals surface area contributed by atoms with Gasteiger partial charge in [-0.3, -0.25) is 9.59 Å². The number of fused-ring (bicyclic) bond motifs is 3. The van der Waals surface area contributed by atoms with Crippen molar-refractivity contribution in [1.29, 1.82) is 0 Å². The van der Waals surface area contributed by atoms with Crippen molar-refractivity contribution in [1.82, 2.24) is 9.97 Å². The van der Waals surface area contributed by atoms with E-state index in [1.165, 1.54) is 0 Å². The number of anilines is 2. The van der Waals surface area contributed by atoms with Gasteiger partial charge < -0.3 is 15.6 Å².